The summed E-state index contributed by atoms with van der Waals surface area (Å²) in [7, 11) is 0. The Balaban J connectivity index is 1.74. The molecule has 0 bridgehead atoms. The zero-order valence-electron chi connectivity index (χ0n) is 12.8. The average Bonchev–Trinajstić information content (AvgIpc) is 3.04. The second-order valence-corrected chi connectivity index (χ2v) is 6.86. The highest BCUT2D eigenvalue weighted by atomic mass is 79.9. The highest BCUT2D eigenvalue weighted by molar-refractivity contribution is 9.10. The van der Waals surface area contributed by atoms with Crippen LogP contribution in [0.1, 0.15) is 16.1 Å². The summed E-state index contributed by atoms with van der Waals surface area (Å²) in [5.41, 5.74) is 4.59. The topological polar surface area (TPSA) is 46.4 Å². The third kappa shape index (κ3) is 4.31. The van der Waals surface area contributed by atoms with E-state index in [-0.39, 0.29) is 5.02 Å². The lowest BCUT2D eigenvalue weighted by atomic mass is 10.2. The number of amides is 1. The van der Waals surface area contributed by atoms with Crippen LogP contribution in [0.15, 0.2) is 70.4 Å². The number of aromatic nitrogens is 1. The Morgan fingerprint density at radius 1 is 1.12 bits per heavy atom. The molecule has 1 amide bonds. The molecule has 3 rings (SSSR count). The van der Waals surface area contributed by atoms with Gasteiger partial charge in [-0.3, -0.25) is 4.79 Å². The Hall–Kier alpha value is -2.08. The van der Waals surface area contributed by atoms with Gasteiger partial charge in [-0.05, 0) is 54.6 Å². The Kier molecular flexibility index (Phi) is 5.58. The van der Waals surface area contributed by atoms with Crippen molar-refractivity contribution in [1.29, 1.82) is 0 Å². The van der Waals surface area contributed by atoms with Gasteiger partial charge < -0.3 is 4.57 Å². The molecule has 1 aromatic heterocycles. The van der Waals surface area contributed by atoms with Crippen molar-refractivity contribution in [2.75, 3.05) is 0 Å². The number of hydrazone groups is 1. The highest BCUT2D eigenvalue weighted by Crippen LogP contribution is 2.21. The van der Waals surface area contributed by atoms with Gasteiger partial charge in [0.25, 0.3) is 5.91 Å². The van der Waals surface area contributed by atoms with Gasteiger partial charge in [0.05, 0.1) is 22.5 Å². The quantitative estimate of drug-likeness (QED) is 0.437. The SMILES string of the molecule is O=C(N/N=C\c1cccn1-c1ccc(Br)cc1)c1ccc(Cl)cc1Cl. The van der Waals surface area contributed by atoms with E-state index >= 15 is 0 Å². The molecule has 1 N–H and O–H groups in total. The third-order valence-corrected chi connectivity index (χ3v) is 4.50. The third-order valence-electron chi connectivity index (χ3n) is 3.42. The lowest BCUT2D eigenvalue weighted by Crippen LogP contribution is -2.18. The minimum absolute atomic E-state index is 0.276. The monoisotopic (exact) mass is 435 g/mol. The van der Waals surface area contributed by atoms with Crippen molar-refractivity contribution in [2.24, 2.45) is 5.10 Å². The van der Waals surface area contributed by atoms with Crippen LogP contribution in [-0.2, 0) is 0 Å². The predicted octanol–water partition coefficient (Wildman–Crippen LogP) is 5.31. The number of nitrogens with one attached hydrogen (secondary N) is 1. The molecule has 0 aliphatic rings. The number of carbonyl (C=O) groups is 1. The largest absolute Gasteiger partial charge is 0.316 e. The minimum Gasteiger partial charge on any atom is -0.316 e. The molecular weight excluding hydrogens is 425 g/mol. The molecule has 0 aliphatic heterocycles. The summed E-state index contributed by atoms with van der Waals surface area (Å²) in [4.78, 5) is 12.1. The summed E-state index contributed by atoms with van der Waals surface area (Å²) < 4.78 is 2.96. The smallest absolute Gasteiger partial charge is 0.272 e. The molecule has 0 atom stereocenters. The fourth-order valence-corrected chi connectivity index (χ4v) is 2.99. The second-order valence-electron chi connectivity index (χ2n) is 5.10. The molecule has 3 aromatic rings. The number of hydrogen-bond donors (Lipinski definition) is 1. The normalized spacial score (nSPS) is 11.0. The maximum absolute atomic E-state index is 12.1. The second kappa shape index (κ2) is 7.87. The first kappa shape index (κ1) is 17.7. The van der Waals surface area contributed by atoms with E-state index in [1.165, 1.54) is 6.07 Å². The summed E-state index contributed by atoms with van der Waals surface area (Å²) in [6.07, 6.45) is 3.49. The summed E-state index contributed by atoms with van der Waals surface area (Å²) in [5.74, 6) is -0.403. The van der Waals surface area contributed by atoms with E-state index < -0.39 is 5.91 Å². The molecule has 0 aliphatic carbocycles. The lowest BCUT2D eigenvalue weighted by molar-refractivity contribution is 0.0955. The number of benzene rings is 2. The zero-order valence-corrected chi connectivity index (χ0v) is 15.9. The van der Waals surface area contributed by atoms with Crippen molar-refractivity contribution in [3.63, 3.8) is 0 Å². The fourth-order valence-electron chi connectivity index (χ4n) is 2.23. The van der Waals surface area contributed by atoms with E-state index in [9.17, 15) is 4.79 Å². The summed E-state index contributed by atoms with van der Waals surface area (Å²) >= 11 is 15.3. The van der Waals surface area contributed by atoms with Crippen molar-refractivity contribution >= 4 is 51.3 Å². The minimum atomic E-state index is -0.403. The van der Waals surface area contributed by atoms with E-state index in [0.29, 0.717) is 10.6 Å². The Labute approximate surface area is 163 Å². The highest BCUT2D eigenvalue weighted by Gasteiger charge is 2.09. The molecule has 4 nitrogen and oxygen atoms in total. The van der Waals surface area contributed by atoms with Crippen LogP contribution in [0.5, 0.6) is 0 Å². The molecule has 7 heteroatoms. The Morgan fingerprint density at radius 2 is 1.88 bits per heavy atom. The number of halogens is 3. The molecule has 25 heavy (non-hydrogen) atoms. The van der Waals surface area contributed by atoms with Crippen LogP contribution in [0, 0.1) is 0 Å². The van der Waals surface area contributed by atoms with Gasteiger partial charge in [0.2, 0.25) is 0 Å². The van der Waals surface area contributed by atoms with Gasteiger partial charge in [-0.1, -0.05) is 39.1 Å². The van der Waals surface area contributed by atoms with Crippen LogP contribution in [0.3, 0.4) is 0 Å². The van der Waals surface area contributed by atoms with Crippen LogP contribution in [0.2, 0.25) is 10.0 Å². The van der Waals surface area contributed by atoms with Crippen LogP contribution in [-0.4, -0.2) is 16.7 Å². The van der Waals surface area contributed by atoms with Crippen LogP contribution >= 0.6 is 39.1 Å². The van der Waals surface area contributed by atoms with Gasteiger partial charge in [0, 0.05) is 21.4 Å². The summed E-state index contributed by atoms with van der Waals surface area (Å²) in [5, 5.41) is 4.76. The average molecular weight is 437 g/mol. The number of rotatable bonds is 4. The molecule has 0 fully saturated rings. The van der Waals surface area contributed by atoms with Crippen molar-refractivity contribution in [3.8, 4) is 5.69 Å². The van der Waals surface area contributed by atoms with E-state index in [1.807, 2.05) is 47.2 Å². The molecule has 0 radical (unpaired) electrons. The molecule has 0 saturated carbocycles. The molecule has 0 saturated heterocycles. The molecular formula is C18H12BrCl2N3O. The van der Waals surface area contributed by atoms with Gasteiger partial charge >= 0.3 is 0 Å². The van der Waals surface area contributed by atoms with Gasteiger partial charge in [0.15, 0.2) is 0 Å². The van der Waals surface area contributed by atoms with Gasteiger partial charge in [-0.25, -0.2) is 5.43 Å². The van der Waals surface area contributed by atoms with Crippen molar-refractivity contribution in [3.05, 3.63) is 86.6 Å². The van der Waals surface area contributed by atoms with Crippen molar-refractivity contribution in [2.45, 2.75) is 0 Å². The van der Waals surface area contributed by atoms with Crippen LogP contribution in [0.25, 0.3) is 5.69 Å². The standard InChI is InChI=1S/C18H12BrCl2N3O/c19-12-3-6-14(7-4-12)24-9-1-2-15(24)11-22-23-18(25)16-8-5-13(20)10-17(16)21/h1-11H,(H,23,25)/b22-11-. The molecule has 1 heterocycles. The van der Waals surface area contributed by atoms with E-state index in [4.69, 9.17) is 23.2 Å². The predicted molar refractivity (Wildman–Crippen MR) is 105 cm³/mol. The first-order chi connectivity index (χ1) is 12.0. The van der Waals surface area contributed by atoms with E-state index in [2.05, 4.69) is 26.5 Å². The number of hydrogen-bond acceptors (Lipinski definition) is 2. The summed E-state index contributed by atoms with van der Waals surface area (Å²) in [6, 6.07) is 16.3. The molecule has 0 spiro atoms. The van der Waals surface area contributed by atoms with Crippen molar-refractivity contribution in [1.82, 2.24) is 9.99 Å². The maximum Gasteiger partial charge on any atom is 0.272 e. The number of carbonyl (C=O) groups excluding carboxylic acids is 1. The first-order valence-electron chi connectivity index (χ1n) is 7.26. The van der Waals surface area contributed by atoms with Gasteiger partial charge in [-0.2, -0.15) is 5.10 Å². The Morgan fingerprint density at radius 3 is 2.60 bits per heavy atom. The number of nitrogens with zero attached hydrogens (tertiary/aromatic N) is 2. The molecule has 126 valence electrons. The maximum atomic E-state index is 12.1. The van der Waals surface area contributed by atoms with E-state index in [1.54, 1.807) is 18.3 Å². The van der Waals surface area contributed by atoms with Crippen LogP contribution in [0.4, 0.5) is 0 Å². The van der Waals surface area contributed by atoms with Gasteiger partial charge in [-0.15, -0.1) is 0 Å². The Bertz CT molecular complexity index is 936. The molecule has 0 unspecified atom stereocenters. The zero-order chi connectivity index (χ0) is 17.8. The lowest BCUT2D eigenvalue weighted by Gasteiger charge is -2.06. The van der Waals surface area contributed by atoms with Crippen molar-refractivity contribution < 1.29 is 4.79 Å². The fraction of sp³-hybridized carbons (Fsp3) is 0. The van der Waals surface area contributed by atoms with E-state index in [0.717, 1.165) is 15.9 Å². The molecule has 2 aromatic carbocycles. The summed E-state index contributed by atoms with van der Waals surface area (Å²) in [6.45, 7) is 0. The first-order valence-corrected chi connectivity index (χ1v) is 8.81. The van der Waals surface area contributed by atoms with Gasteiger partial charge in [0.1, 0.15) is 0 Å². The van der Waals surface area contributed by atoms with Crippen LogP contribution < -0.4 is 5.43 Å².